The van der Waals surface area contributed by atoms with Crippen molar-refractivity contribution in [2.45, 2.75) is 12.8 Å². The van der Waals surface area contributed by atoms with Crippen molar-refractivity contribution in [2.24, 2.45) is 0 Å². The van der Waals surface area contributed by atoms with Crippen molar-refractivity contribution in [3.63, 3.8) is 0 Å². The summed E-state index contributed by atoms with van der Waals surface area (Å²) in [5.74, 6) is 0.700. The summed E-state index contributed by atoms with van der Waals surface area (Å²) in [5, 5.41) is 0. The molecule has 1 saturated heterocycles. The molecule has 1 fully saturated rings. The van der Waals surface area contributed by atoms with Crippen LogP contribution >= 0.6 is 0 Å². The standard InChI is InChI=1S/C12H19NOS/c1-3-7-12(4-2)15(14)11-10-13-8-5-6-9-13/h3-4,7H,1-2,5-6,8-11H2/b12-7+. The second kappa shape index (κ2) is 6.75. The van der Waals surface area contributed by atoms with Crippen molar-refractivity contribution in [3.8, 4) is 0 Å². The second-order valence-electron chi connectivity index (χ2n) is 3.61. The number of allylic oxidation sites excluding steroid dienone is 3. The summed E-state index contributed by atoms with van der Waals surface area (Å²) in [7, 11) is -0.924. The molecule has 0 radical (unpaired) electrons. The van der Waals surface area contributed by atoms with Crippen LogP contribution in [0.1, 0.15) is 12.8 Å². The van der Waals surface area contributed by atoms with Crippen LogP contribution in [0.3, 0.4) is 0 Å². The van der Waals surface area contributed by atoms with Gasteiger partial charge < -0.3 is 4.90 Å². The lowest BCUT2D eigenvalue weighted by Crippen LogP contribution is -2.24. The first-order chi connectivity index (χ1) is 7.27. The molecule has 0 amide bonds. The molecular formula is C12H19NOS. The predicted molar refractivity (Wildman–Crippen MR) is 67.2 cm³/mol. The van der Waals surface area contributed by atoms with Gasteiger partial charge in [0, 0.05) is 17.2 Å². The molecule has 1 atom stereocenters. The van der Waals surface area contributed by atoms with Crippen LogP contribution in [-0.2, 0) is 10.8 Å². The van der Waals surface area contributed by atoms with Gasteiger partial charge >= 0.3 is 0 Å². The van der Waals surface area contributed by atoms with Crippen molar-refractivity contribution in [1.82, 2.24) is 4.90 Å². The Hall–Kier alpha value is -0.670. The highest BCUT2D eigenvalue weighted by molar-refractivity contribution is 7.89. The van der Waals surface area contributed by atoms with Crippen molar-refractivity contribution in [1.29, 1.82) is 0 Å². The number of rotatable bonds is 6. The molecule has 0 spiro atoms. The highest BCUT2D eigenvalue weighted by Gasteiger charge is 2.12. The van der Waals surface area contributed by atoms with E-state index in [2.05, 4.69) is 18.1 Å². The normalized spacial score (nSPS) is 20.1. The molecule has 0 aliphatic carbocycles. The maximum Gasteiger partial charge on any atom is 0.0542 e. The lowest BCUT2D eigenvalue weighted by Gasteiger charge is -2.13. The zero-order valence-corrected chi connectivity index (χ0v) is 9.97. The Morgan fingerprint density at radius 2 is 2.00 bits per heavy atom. The van der Waals surface area contributed by atoms with E-state index in [9.17, 15) is 4.21 Å². The summed E-state index contributed by atoms with van der Waals surface area (Å²) in [6.45, 7) is 10.5. The largest absolute Gasteiger partial charge is 0.302 e. The summed E-state index contributed by atoms with van der Waals surface area (Å²) in [6.07, 6.45) is 7.65. The summed E-state index contributed by atoms with van der Waals surface area (Å²) in [5.41, 5.74) is 0. The quantitative estimate of drug-likeness (QED) is 0.645. The first kappa shape index (κ1) is 12.4. The SMILES string of the molecule is C=C/C=C(\C=C)S(=O)CCN1CCCC1. The molecule has 2 nitrogen and oxygen atoms in total. The van der Waals surface area contributed by atoms with E-state index in [1.807, 2.05) is 0 Å². The summed E-state index contributed by atoms with van der Waals surface area (Å²) >= 11 is 0. The number of hydrogen-bond acceptors (Lipinski definition) is 2. The molecule has 1 rings (SSSR count). The third kappa shape index (κ3) is 4.14. The van der Waals surface area contributed by atoms with Crippen molar-refractivity contribution in [2.75, 3.05) is 25.4 Å². The van der Waals surface area contributed by atoms with Gasteiger partial charge in [0.05, 0.1) is 10.8 Å². The Labute approximate surface area is 94.8 Å². The van der Waals surface area contributed by atoms with Crippen LogP contribution < -0.4 is 0 Å². The molecule has 0 aromatic rings. The molecule has 1 aliphatic heterocycles. The zero-order valence-electron chi connectivity index (χ0n) is 9.15. The van der Waals surface area contributed by atoms with Crippen LogP contribution in [0.25, 0.3) is 0 Å². The number of hydrogen-bond donors (Lipinski definition) is 0. The first-order valence-electron chi connectivity index (χ1n) is 5.34. The summed E-state index contributed by atoms with van der Waals surface area (Å²) < 4.78 is 11.8. The van der Waals surface area contributed by atoms with Gasteiger partial charge in [-0.05, 0) is 32.0 Å². The molecule has 0 aromatic carbocycles. The molecule has 1 unspecified atom stereocenters. The summed E-state index contributed by atoms with van der Waals surface area (Å²) in [6, 6.07) is 0. The van der Waals surface area contributed by atoms with Crippen molar-refractivity contribution >= 4 is 10.8 Å². The van der Waals surface area contributed by atoms with Crippen molar-refractivity contribution in [3.05, 3.63) is 36.3 Å². The minimum Gasteiger partial charge on any atom is -0.302 e. The van der Waals surface area contributed by atoms with Crippen LogP contribution in [0.15, 0.2) is 36.3 Å². The summed E-state index contributed by atoms with van der Waals surface area (Å²) in [4.78, 5) is 3.15. The topological polar surface area (TPSA) is 20.3 Å². The van der Waals surface area contributed by atoms with E-state index in [1.54, 1.807) is 18.2 Å². The lowest BCUT2D eigenvalue weighted by atomic mass is 10.4. The van der Waals surface area contributed by atoms with Gasteiger partial charge in [-0.1, -0.05) is 25.3 Å². The lowest BCUT2D eigenvalue weighted by molar-refractivity contribution is 0.361. The smallest absolute Gasteiger partial charge is 0.0542 e. The van der Waals surface area contributed by atoms with E-state index in [-0.39, 0.29) is 0 Å². The predicted octanol–water partition coefficient (Wildman–Crippen LogP) is 2.09. The third-order valence-electron chi connectivity index (χ3n) is 2.54. The monoisotopic (exact) mass is 225 g/mol. The van der Waals surface area contributed by atoms with Crippen molar-refractivity contribution < 1.29 is 4.21 Å². The third-order valence-corrected chi connectivity index (χ3v) is 3.92. The average molecular weight is 225 g/mol. The average Bonchev–Trinajstić information content (AvgIpc) is 2.75. The number of nitrogens with zero attached hydrogens (tertiary/aromatic N) is 1. The first-order valence-corrected chi connectivity index (χ1v) is 6.65. The molecule has 3 heteroatoms. The Bertz CT molecular complexity index is 277. The Morgan fingerprint density at radius 3 is 2.53 bits per heavy atom. The van der Waals surface area contributed by atoms with Crippen LogP contribution in [-0.4, -0.2) is 34.5 Å². The zero-order chi connectivity index (χ0) is 11.1. The van der Waals surface area contributed by atoms with E-state index < -0.39 is 10.8 Å². The fourth-order valence-electron chi connectivity index (χ4n) is 1.69. The Kier molecular flexibility index (Phi) is 5.58. The van der Waals surface area contributed by atoms with Gasteiger partial charge in [-0.2, -0.15) is 0 Å². The number of likely N-dealkylation sites (tertiary alicyclic amines) is 1. The fourth-order valence-corrected chi connectivity index (χ4v) is 2.78. The van der Waals surface area contributed by atoms with E-state index in [4.69, 9.17) is 0 Å². The van der Waals surface area contributed by atoms with E-state index in [1.165, 1.54) is 12.8 Å². The highest BCUT2D eigenvalue weighted by Crippen LogP contribution is 2.09. The van der Waals surface area contributed by atoms with Gasteiger partial charge in [-0.15, -0.1) is 0 Å². The van der Waals surface area contributed by atoms with Crippen LogP contribution in [0, 0.1) is 0 Å². The molecule has 0 saturated carbocycles. The molecule has 0 bridgehead atoms. The maximum absolute atomic E-state index is 11.8. The molecule has 1 aliphatic rings. The second-order valence-corrected chi connectivity index (χ2v) is 5.18. The van der Waals surface area contributed by atoms with Gasteiger partial charge in [-0.25, -0.2) is 0 Å². The molecular weight excluding hydrogens is 206 g/mol. The molecule has 84 valence electrons. The molecule has 0 aromatic heterocycles. The van der Waals surface area contributed by atoms with E-state index >= 15 is 0 Å². The minimum absolute atomic E-state index is 0.700. The van der Waals surface area contributed by atoms with Gasteiger partial charge in [0.2, 0.25) is 0 Å². The van der Waals surface area contributed by atoms with Gasteiger partial charge in [0.15, 0.2) is 0 Å². The fraction of sp³-hybridized carbons (Fsp3) is 0.500. The van der Waals surface area contributed by atoms with Crippen LogP contribution in [0.4, 0.5) is 0 Å². The minimum atomic E-state index is -0.924. The molecule has 15 heavy (non-hydrogen) atoms. The Balaban J connectivity index is 2.36. The van der Waals surface area contributed by atoms with Crippen LogP contribution in [0.2, 0.25) is 0 Å². The highest BCUT2D eigenvalue weighted by atomic mass is 32.2. The van der Waals surface area contributed by atoms with E-state index in [0.29, 0.717) is 5.75 Å². The van der Waals surface area contributed by atoms with E-state index in [0.717, 1.165) is 24.5 Å². The molecule has 1 heterocycles. The Morgan fingerprint density at radius 1 is 1.33 bits per heavy atom. The van der Waals surface area contributed by atoms with Gasteiger partial charge in [0.25, 0.3) is 0 Å². The van der Waals surface area contributed by atoms with Crippen LogP contribution in [0.5, 0.6) is 0 Å². The van der Waals surface area contributed by atoms with Gasteiger partial charge in [0.1, 0.15) is 0 Å². The molecule has 0 N–H and O–H groups in total. The maximum atomic E-state index is 11.8. The van der Waals surface area contributed by atoms with Gasteiger partial charge in [-0.3, -0.25) is 4.21 Å².